The Hall–Kier alpha value is -0.130. The Kier molecular flexibility index (Phi) is 5.21. The summed E-state index contributed by atoms with van der Waals surface area (Å²) in [5, 5.41) is 0. The van der Waals surface area contributed by atoms with Crippen molar-refractivity contribution in [1.29, 1.82) is 0 Å². The molecule has 0 amide bonds. The minimum atomic E-state index is -2.83. The highest BCUT2D eigenvalue weighted by molar-refractivity contribution is 7.90. The number of hydrazine groups is 1. The molecule has 1 rings (SSSR count). The summed E-state index contributed by atoms with van der Waals surface area (Å²) in [7, 11) is -2.83. The third kappa shape index (κ3) is 4.39. The number of sulfone groups is 1. The molecule has 0 aromatic carbocycles. The van der Waals surface area contributed by atoms with E-state index in [4.69, 9.17) is 5.84 Å². The summed E-state index contributed by atoms with van der Waals surface area (Å²) in [4.78, 5) is 0. The molecule has 0 bridgehead atoms. The predicted molar refractivity (Wildman–Crippen MR) is 66.6 cm³/mol. The molecule has 0 saturated heterocycles. The van der Waals surface area contributed by atoms with Crippen LogP contribution in [0, 0.1) is 11.8 Å². The third-order valence-corrected chi connectivity index (χ3v) is 4.72. The maximum Gasteiger partial charge on any atom is 0.147 e. The molecule has 0 heterocycles. The molecule has 3 unspecified atom stereocenters. The summed E-state index contributed by atoms with van der Waals surface area (Å²) in [5.41, 5.74) is 2.87. The normalized spacial score (nSPS) is 28.2. The number of nitrogens with two attached hydrogens (primary N) is 1. The van der Waals surface area contributed by atoms with Crippen molar-refractivity contribution < 1.29 is 8.42 Å². The van der Waals surface area contributed by atoms with Gasteiger partial charge in [-0.25, -0.2) is 8.42 Å². The lowest BCUT2D eigenvalue weighted by atomic mass is 9.88. The second-order valence-corrected chi connectivity index (χ2v) is 7.38. The molecule has 1 aliphatic rings. The van der Waals surface area contributed by atoms with Gasteiger partial charge in [0.2, 0.25) is 0 Å². The van der Waals surface area contributed by atoms with Crippen LogP contribution in [0.15, 0.2) is 0 Å². The van der Waals surface area contributed by atoms with Gasteiger partial charge in [-0.05, 0) is 31.1 Å². The van der Waals surface area contributed by atoms with Crippen molar-refractivity contribution in [3.05, 3.63) is 0 Å². The van der Waals surface area contributed by atoms with Gasteiger partial charge in [0, 0.05) is 18.1 Å². The maximum atomic E-state index is 11.0. The standard InChI is InChI=1S/C11H24N2O2S/c1-9-5-3-6-10(9)11(13-12)7-4-8-16(2,14)15/h9-11,13H,3-8,12H2,1-2H3. The Morgan fingerprint density at radius 3 is 2.56 bits per heavy atom. The van der Waals surface area contributed by atoms with E-state index in [-0.39, 0.29) is 11.8 Å². The molecular formula is C11H24N2O2S. The molecule has 3 N–H and O–H groups in total. The van der Waals surface area contributed by atoms with Crippen molar-refractivity contribution >= 4 is 9.84 Å². The van der Waals surface area contributed by atoms with Crippen molar-refractivity contribution in [3.63, 3.8) is 0 Å². The van der Waals surface area contributed by atoms with E-state index in [9.17, 15) is 8.42 Å². The van der Waals surface area contributed by atoms with E-state index < -0.39 is 9.84 Å². The highest BCUT2D eigenvalue weighted by Crippen LogP contribution is 2.34. The first-order valence-corrected chi connectivity index (χ1v) is 8.14. The van der Waals surface area contributed by atoms with Crippen LogP contribution in [-0.2, 0) is 9.84 Å². The lowest BCUT2D eigenvalue weighted by molar-refractivity contribution is 0.284. The van der Waals surface area contributed by atoms with Gasteiger partial charge >= 0.3 is 0 Å². The van der Waals surface area contributed by atoms with E-state index in [1.54, 1.807) is 0 Å². The number of rotatable bonds is 6. The minimum absolute atomic E-state index is 0.270. The van der Waals surface area contributed by atoms with Crippen molar-refractivity contribution in [2.24, 2.45) is 17.7 Å². The van der Waals surface area contributed by atoms with Gasteiger partial charge in [-0.15, -0.1) is 0 Å². The van der Waals surface area contributed by atoms with E-state index in [0.29, 0.717) is 18.3 Å². The number of hydrogen-bond acceptors (Lipinski definition) is 4. The first-order chi connectivity index (χ1) is 7.44. The fraction of sp³-hybridized carbons (Fsp3) is 1.00. The molecule has 0 aromatic rings. The van der Waals surface area contributed by atoms with Crippen LogP contribution in [0.3, 0.4) is 0 Å². The lowest BCUT2D eigenvalue weighted by Crippen LogP contribution is -2.42. The summed E-state index contributed by atoms with van der Waals surface area (Å²) < 4.78 is 22.1. The molecular weight excluding hydrogens is 224 g/mol. The van der Waals surface area contributed by atoms with Crippen molar-refractivity contribution in [2.75, 3.05) is 12.0 Å². The second kappa shape index (κ2) is 5.98. The fourth-order valence-corrected chi connectivity index (χ4v) is 3.45. The Morgan fingerprint density at radius 1 is 1.44 bits per heavy atom. The average Bonchev–Trinajstić information content (AvgIpc) is 2.58. The first-order valence-electron chi connectivity index (χ1n) is 6.08. The van der Waals surface area contributed by atoms with Gasteiger partial charge in [-0.2, -0.15) is 0 Å². The van der Waals surface area contributed by atoms with Crippen LogP contribution in [0.5, 0.6) is 0 Å². The average molecular weight is 248 g/mol. The molecule has 16 heavy (non-hydrogen) atoms. The van der Waals surface area contributed by atoms with Crippen LogP contribution in [0.2, 0.25) is 0 Å². The van der Waals surface area contributed by atoms with E-state index in [1.807, 2.05) is 0 Å². The van der Waals surface area contributed by atoms with E-state index >= 15 is 0 Å². The fourth-order valence-electron chi connectivity index (χ4n) is 2.76. The Bertz CT molecular complexity index is 303. The monoisotopic (exact) mass is 248 g/mol. The van der Waals surface area contributed by atoms with Gasteiger partial charge in [0.15, 0.2) is 0 Å². The SMILES string of the molecule is CC1CCCC1C(CCCS(C)(=O)=O)NN. The molecule has 0 aromatic heterocycles. The summed E-state index contributed by atoms with van der Waals surface area (Å²) in [6.45, 7) is 2.26. The smallest absolute Gasteiger partial charge is 0.147 e. The zero-order valence-electron chi connectivity index (χ0n) is 10.3. The van der Waals surface area contributed by atoms with Crippen LogP contribution < -0.4 is 11.3 Å². The van der Waals surface area contributed by atoms with Gasteiger partial charge in [-0.3, -0.25) is 11.3 Å². The number of hydrogen-bond donors (Lipinski definition) is 2. The summed E-state index contributed by atoms with van der Waals surface area (Å²) in [6, 6.07) is 0.277. The Morgan fingerprint density at radius 2 is 2.12 bits per heavy atom. The molecule has 1 aliphatic carbocycles. The van der Waals surface area contributed by atoms with E-state index in [0.717, 1.165) is 6.42 Å². The molecule has 0 radical (unpaired) electrons. The Labute approximate surface area is 98.9 Å². The van der Waals surface area contributed by atoms with Gasteiger partial charge in [0.1, 0.15) is 9.84 Å². The van der Waals surface area contributed by atoms with Gasteiger partial charge in [-0.1, -0.05) is 19.8 Å². The van der Waals surface area contributed by atoms with Gasteiger partial charge < -0.3 is 0 Å². The lowest BCUT2D eigenvalue weighted by Gasteiger charge is -2.26. The van der Waals surface area contributed by atoms with E-state index in [1.165, 1.54) is 25.5 Å². The topological polar surface area (TPSA) is 72.2 Å². The zero-order chi connectivity index (χ0) is 12.2. The van der Waals surface area contributed by atoms with Crippen LogP contribution >= 0.6 is 0 Å². The van der Waals surface area contributed by atoms with Crippen LogP contribution in [0.25, 0.3) is 0 Å². The summed E-state index contributed by atoms with van der Waals surface area (Å²) in [6.07, 6.45) is 6.62. The molecule has 3 atom stereocenters. The molecule has 0 aliphatic heterocycles. The number of nitrogens with one attached hydrogen (secondary N) is 1. The molecule has 1 fully saturated rings. The highest BCUT2D eigenvalue weighted by Gasteiger charge is 2.29. The molecule has 4 nitrogen and oxygen atoms in total. The van der Waals surface area contributed by atoms with Crippen LogP contribution in [0.4, 0.5) is 0 Å². The molecule has 1 saturated carbocycles. The summed E-state index contributed by atoms with van der Waals surface area (Å²) >= 11 is 0. The zero-order valence-corrected chi connectivity index (χ0v) is 11.1. The third-order valence-electron chi connectivity index (χ3n) is 3.69. The highest BCUT2D eigenvalue weighted by atomic mass is 32.2. The van der Waals surface area contributed by atoms with Gasteiger partial charge in [0.05, 0.1) is 0 Å². The predicted octanol–water partition coefficient (Wildman–Crippen LogP) is 1.08. The molecule has 96 valence electrons. The van der Waals surface area contributed by atoms with Gasteiger partial charge in [0.25, 0.3) is 0 Å². The van der Waals surface area contributed by atoms with Crippen molar-refractivity contribution in [3.8, 4) is 0 Å². The van der Waals surface area contributed by atoms with Crippen molar-refractivity contribution in [2.45, 2.75) is 45.1 Å². The maximum absolute atomic E-state index is 11.0. The van der Waals surface area contributed by atoms with Crippen molar-refractivity contribution in [1.82, 2.24) is 5.43 Å². The summed E-state index contributed by atoms with van der Waals surface area (Å²) in [5.74, 6) is 7.16. The Balaban J connectivity index is 2.37. The largest absolute Gasteiger partial charge is 0.271 e. The van der Waals surface area contributed by atoms with Crippen LogP contribution in [-0.4, -0.2) is 26.5 Å². The molecule has 0 spiro atoms. The molecule has 5 heteroatoms. The second-order valence-electron chi connectivity index (χ2n) is 5.12. The van der Waals surface area contributed by atoms with Crippen LogP contribution in [0.1, 0.15) is 39.0 Å². The first kappa shape index (κ1) is 13.9. The minimum Gasteiger partial charge on any atom is -0.271 e. The quantitative estimate of drug-likeness (QED) is 0.545. The van der Waals surface area contributed by atoms with E-state index in [2.05, 4.69) is 12.3 Å².